The lowest BCUT2D eigenvalue weighted by Gasteiger charge is -2.29. The first kappa shape index (κ1) is 20.8. The van der Waals surface area contributed by atoms with E-state index in [4.69, 9.17) is 14.2 Å². The number of aliphatic imine (C=N–C) groups is 1. The molecule has 1 heterocycles. The molecule has 0 atom stereocenters. The lowest BCUT2D eigenvalue weighted by molar-refractivity contribution is 0.379. The van der Waals surface area contributed by atoms with Crippen LogP contribution in [0.4, 0.5) is 11.4 Å². The zero-order valence-corrected chi connectivity index (χ0v) is 18.1. The van der Waals surface area contributed by atoms with Gasteiger partial charge in [-0.3, -0.25) is 4.99 Å². The summed E-state index contributed by atoms with van der Waals surface area (Å²) in [7, 11) is 3.34. The highest BCUT2D eigenvalue weighted by atomic mass is 16.5. The van der Waals surface area contributed by atoms with Crippen LogP contribution in [0.25, 0.3) is 0 Å². The molecule has 31 heavy (non-hydrogen) atoms. The quantitative estimate of drug-likeness (QED) is 0.428. The normalized spacial score (nSPS) is 13.9. The van der Waals surface area contributed by atoms with Gasteiger partial charge in [-0.2, -0.15) is 0 Å². The second-order valence-electron chi connectivity index (χ2n) is 7.48. The SMILES string of the molecule is COc1cc(N2CCCCC2)ccc1C=Nc1ccc(Oc2ccccc2OC)cc1. The maximum absolute atomic E-state index is 5.92. The third kappa shape index (κ3) is 5.18. The number of piperidine rings is 1. The van der Waals surface area contributed by atoms with Crippen molar-refractivity contribution in [3.05, 3.63) is 72.3 Å². The third-order valence-corrected chi connectivity index (χ3v) is 5.42. The summed E-state index contributed by atoms with van der Waals surface area (Å²) >= 11 is 0. The van der Waals surface area contributed by atoms with E-state index in [-0.39, 0.29) is 0 Å². The highest BCUT2D eigenvalue weighted by Crippen LogP contribution is 2.32. The number of methoxy groups -OCH3 is 2. The van der Waals surface area contributed by atoms with Gasteiger partial charge in [-0.15, -0.1) is 0 Å². The van der Waals surface area contributed by atoms with Gasteiger partial charge in [-0.25, -0.2) is 0 Å². The van der Waals surface area contributed by atoms with Gasteiger partial charge in [-0.1, -0.05) is 12.1 Å². The van der Waals surface area contributed by atoms with E-state index >= 15 is 0 Å². The van der Waals surface area contributed by atoms with Crippen molar-refractivity contribution in [1.29, 1.82) is 0 Å². The van der Waals surface area contributed by atoms with Gasteiger partial charge in [0.2, 0.25) is 0 Å². The minimum absolute atomic E-state index is 0.680. The molecular formula is C26H28N2O3. The molecule has 0 saturated carbocycles. The number of hydrogen-bond donors (Lipinski definition) is 0. The smallest absolute Gasteiger partial charge is 0.169 e. The Balaban J connectivity index is 1.45. The molecule has 160 valence electrons. The Hall–Kier alpha value is -3.47. The average Bonchev–Trinajstić information content (AvgIpc) is 2.84. The fraction of sp³-hybridized carbons (Fsp3) is 0.269. The largest absolute Gasteiger partial charge is 0.496 e. The predicted octanol–water partition coefficient (Wildman–Crippen LogP) is 6.24. The number of benzene rings is 3. The standard InChI is InChI=1S/C26H28N2O3/c1-29-24-8-4-5-9-25(24)31-23-14-11-21(12-15-23)27-19-20-10-13-22(18-26(20)30-2)28-16-6-3-7-17-28/h4-5,8-15,18-19H,3,6-7,16-17H2,1-2H3. The summed E-state index contributed by atoms with van der Waals surface area (Å²) in [6.07, 6.45) is 5.67. The molecule has 0 aliphatic carbocycles. The van der Waals surface area contributed by atoms with Crippen LogP contribution < -0.4 is 19.1 Å². The molecule has 0 spiro atoms. The molecule has 1 aliphatic rings. The molecule has 0 aromatic heterocycles. The second kappa shape index (κ2) is 10.0. The summed E-state index contributed by atoms with van der Waals surface area (Å²) in [5, 5.41) is 0. The summed E-state index contributed by atoms with van der Waals surface area (Å²) in [6, 6.07) is 21.6. The summed E-state index contributed by atoms with van der Waals surface area (Å²) in [6.45, 7) is 2.22. The zero-order valence-electron chi connectivity index (χ0n) is 18.1. The highest BCUT2D eigenvalue weighted by molar-refractivity contribution is 5.86. The lowest BCUT2D eigenvalue weighted by Crippen LogP contribution is -2.29. The second-order valence-corrected chi connectivity index (χ2v) is 7.48. The Morgan fingerprint density at radius 2 is 1.48 bits per heavy atom. The van der Waals surface area contributed by atoms with E-state index in [1.807, 2.05) is 54.7 Å². The Labute approximate surface area is 183 Å². The van der Waals surface area contributed by atoms with Crippen LogP contribution in [0.15, 0.2) is 71.7 Å². The molecule has 0 radical (unpaired) electrons. The van der Waals surface area contributed by atoms with E-state index in [9.17, 15) is 0 Å². The zero-order chi connectivity index (χ0) is 21.5. The van der Waals surface area contributed by atoms with Crippen LogP contribution in [0.1, 0.15) is 24.8 Å². The van der Waals surface area contributed by atoms with Crippen molar-refractivity contribution in [2.24, 2.45) is 4.99 Å². The molecule has 1 saturated heterocycles. The number of rotatable bonds is 7. The van der Waals surface area contributed by atoms with Crippen LogP contribution in [-0.4, -0.2) is 33.5 Å². The van der Waals surface area contributed by atoms with Gasteiger partial charge < -0.3 is 19.1 Å². The van der Waals surface area contributed by atoms with Crippen molar-refractivity contribution in [3.8, 4) is 23.0 Å². The first-order valence-electron chi connectivity index (χ1n) is 10.6. The number of hydrogen-bond acceptors (Lipinski definition) is 5. The number of ether oxygens (including phenoxy) is 3. The lowest BCUT2D eigenvalue weighted by atomic mass is 10.1. The summed E-state index contributed by atoms with van der Waals surface area (Å²) in [4.78, 5) is 7.03. The fourth-order valence-corrected chi connectivity index (χ4v) is 3.73. The van der Waals surface area contributed by atoms with E-state index in [0.29, 0.717) is 11.5 Å². The fourth-order valence-electron chi connectivity index (χ4n) is 3.73. The van der Waals surface area contributed by atoms with Crippen LogP contribution in [0.3, 0.4) is 0 Å². The minimum atomic E-state index is 0.680. The van der Waals surface area contributed by atoms with E-state index < -0.39 is 0 Å². The molecule has 3 aromatic carbocycles. The first-order valence-corrected chi connectivity index (χ1v) is 10.6. The van der Waals surface area contributed by atoms with Gasteiger partial charge in [0.15, 0.2) is 11.5 Å². The molecule has 0 unspecified atom stereocenters. The Kier molecular flexibility index (Phi) is 6.72. The predicted molar refractivity (Wildman–Crippen MR) is 126 cm³/mol. The van der Waals surface area contributed by atoms with Crippen LogP contribution in [0, 0.1) is 0 Å². The van der Waals surface area contributed by atoms with Crippen molar-refractivity contribution >= 4 is 17.6 Å². The Morgan fingerprint density at radius 1 is 0.774 bits per heavy atom. The highest BCUT2D eigenvalue weighted by Gasteiger charge is 2.13. The van der Waals surface area contributed by atoms with E-state index in [2.05, 4.69) is 28.1 Å². The van der Waals surface area contributed by atoms with Gasteiger partial charge in [0, 0.05) is 36.6 Å². The molecule has 4 rings (SSSR count). The molecule has 3 aromatic rings. The Morgan fingerprint density at radius 3 is 2.19 bits per heavy atom. The summed E-state index contributed by atoms with van der Waals surface area (Å²) in [5.41, 5.74) is 3.01. The first-order chi connectivity index (χ1) is 15.3. The number of anilines is 1. The third-order valence-electron chi connectivity index (χ3n) is 5.42. The van der Waals surface area contributed by atoms with Crippen LogP contribution in [0.2, 0.25) is 0 Å². The maximum Gasteiger partial charge on any atom is 0.169 e. The van der Waals surface area contributed by atoms with Crippen molar-refractivity contribution in [2.75, 3.05) is 32.2 Å². The average molecular weight is 417 g/mol. The summed E-state index contributed by atoms with van der Waals surface area (Å²) < 4.78 is 16.9. The molecular weight excluding hydrogens is 388 g/mol. The van der Waals surface area contributed by atoms with Crippen LogP contribution in [0.5, 0.6) is 23.0 Å². The maximum atomic E-state index is 5.92. The molecule has 5 nitrogen and oxygen atoms in total. The molecule has 0 bridgehead atoms. The summed E-state index contributed by atoms with van der Waals surface area (Å²) in [5.74, 6) is 2.94. The van der Waals surface area contributed by atoms with Gasteiger partial charge in [-0.05, 0) is 67.8 Å². The number of nitrogens with zero attached hydrogens (tertiary/aromatic N) is 2. The van der Waals surface area contributed by atoms with Crippen molar-refractivity contribution in [3.63, 3.8) is 0 Å². The topological polar surface area (TPSA) is 43.3 Å². The van der Waals surface area contributed by atoms with Crippen LogP contribution in [-0.2, 0) is 0 Å². The Bertz CT molecular complexity index is 1030. The molecule has 0 N–H and O–H groups in total. The molecule has 1 fully saturated rings. The number of para-hydroxylation sites is 2. The van der Waals surface area contributed by atoms with E-state index in [1.54, 1.807) is 14.2 Å². The van der Waals surface area contributed by atoms with E-state index in [1.165, 1.54) is 24.9 Å². The molecule has 0 amide bonds. The van der Waals surface area contributed by atoms with Gasteiger partial charge in [0.1, 0.15) is 11.5 Å². The molecule has 5 heteroatoms. The monoisotopic (exact) mass is 416 g/mol. The molecule has 1 aliphatic heterocycles. The van der Waals surface area contributed by atoms with Gasteiger partial charge in [0.05, 0.1) is 19.9 Å². The van der Waals surface area contributed by atoms with Crippen molar-refractivity contribution in [2.45, 2.75) is 19.3 Å². The van der Waals surface area contributed by atoms with Crippen molar-refractivity contribution < 1.29 is 14.2 Å². The van der Waals surface area contributed by atoms with Gasteiger partial charge in [0.25, 0.3) is 0 Å². The van der Waals surface area contributed by atoms with Crippen molar-refractivity contribution in [1.82, 2.24) is 0 Å². The van der Waals surface area contributed by atoms with Crippen LogP contribution >= 0.6 is 0 Å². The van der Waals surface area contributed by atoms with E-state index in [0.717, 1.165) is 35.8 Å². The van der Waals surface area contributed by atoms with Gasteiger partial charge >= 0.3 is 0 Å². The minimum Gasteiger partial charge on any atom is -0.496 e.